The van der Waals surface area contributed by atoms with Crippen molar-refractivity contribution >= 4 is 33.0 Å². The first-order valence-electron chi connectivity index (χ1n) is 15.6. The fourth-order valence-electron chi connectivity index (χ4n) is 6.49. The van der Waals surface area contributed by atoms with Gasteiger partial charge in [0.25, 0.3) is 0 Å². The highest BCUT2D eigenvalue weighted by molar-refractivity contribution is 6.09. The Labute approximate surface area is 259 Å². The standard InChI is InChI=1S/C40H39N3O/c1-24(2)31-20-27(26-14-9-8-10-15-26)21-32(25(3)4)37(31)43-34-23-41-22-33(40(5,6)7)36(34)42-39(43)30-18-13-17-29-28-16-11-12-19-35(28)44-38(29)30/h8-25H,1-7H3. The van der Waals surface area contributed by atoms with E-state index in [4.69, 9.17) is 14.4 Å². The molecule has 0 saturated heterocycles. The molecule has 7 aromatic rings. The van der Waals surface area contributed by atoms with E-state index in [-0.39, 0.29) is 17.3 Å². The summed E-state index contributed by atoms with van der Waals surface area (Å²) in [5.41, 5.74) is 11.9. The lowest BCUT2D eigenvalue weighted by molar-refractivity contribution is 0.592. The average Bonchev–Trinajstić information content (AvgIpc) is 3.59. The van der Waals surface area contributed by atoms with Crippen LogP contribution in [0.15, 0.2) is 102 Å². The summed E-state index contributed by atoms with van der Waals surface area (Å²) in [6.45, 7) is 15.8. The quantitative estimate of drug-likeness (QED) is 0.204. The predicted molar refractivity (Wildman–Crippen MR) is 184 cm³/mol. The summed E-state index contributed by atoms with van der Waals surface area (Å²) in [4.78, 5) is 10.3. The Bertz CT molecular complexity index is 2130. The van der Waals surface area contributed by atoms with Gasteiger partial charge in [0.2, 0.25) is 0 Å². The molecule has 0 fully saturated rings. The minimum atomic E-state index is -0.132. The molecule has 0 aliphatic rings. The Morgan fingerprint density at radius 1 is 0.705 bits per heavy atom. The molecule has 0 atom stereocenters. The Hall–Kier alpha value is -4.70. The maximum Gasteiger partial charge on any atom is 0.149 e. The second kappa shape index (κ2) is 10.5. The molecule has 0 unspecified atom stereocenters. The molecule has 0 spiro atoms. The van der Waals surface area contributed by atoms with Gasteiger partial charge in [-0.1, -0.05) is 109 Å². The molecule has 4 aromatic carbocycles. The SMILES string of the molecule is CC(C)c1cc(-c2ccccc2)cc(C(C)C)c1-n1c(-c2cccc3c2oc2ccccc23)nc2c(C(C)(C)C)cncc21. The van der Waals surface area contributed by atoms with E-state index in [1.807, 2.05) is 24.5 Å². The van der Waals surface area contributed by atoms with Gasteiger partial charge in [0.15, 0.2) is 0 Å². The summed E-state index contributed by atoms with van der Waals surface area (Å²) in [7, 11) is 0. The summed E-state index contributed by atoms with van der Waals surface area (Å²) < 4.78 is 8.96. The Morgan fingerprint density at radius 2 is 1.36 bits per heavy atom. The molecule has 220 valence electrons. The van der Waals surface area contributed by atoms with Crippen LogP contribution in [0.3, 0.4) is 0 Å². The number of benzene rings is 4. The van der Waals surface area contributed by atoms with Crippen LogP contribution >= 0.6 is 0 Å². The number of furan rings is 1. The van der Waals surface area contributed by atoms with Crippen molar-refractivity contribution in [1.82, 2.24) is 14.5 Å². The molecule has 0 aliphatic carbocycles. The van der Waals surface area contributed by atoms with Gasteiger partial charge in [0, 0.05) is 22.5 Å². The maximum atomic E-state index is 6.59. The van der Waals surface area contributed by atoms with E-state index in [1.54, 1.807) is 0 Å². The highest BCUT2D eigenvalue weighted by atomic mass is 16.3. The summed E-state index contributed by atoms with van der Waals surface area (Å²) in [6.07, 6.45) is 3.97. The maximum absolute atomic E-state index is 6.59. The number of aromatic nitrogens is 3. The van der Waals surface area contributed by atoms with E-state index in [2.05, 4.69) is 126 Å². The van der Waals surface area contributed by atoms with E-state index >= 15 is 0 Å². The van der Waals surface area contributed by atoms with Crippen LogP contribution in [0.4, 0.5) is 0 Å². The second-order valence-electron chi connectivity index (χ2n) is 13.5. The largest absolute Gasteiger partial charge is 0.455 e. The number of hydrogen-bond acceptors (Lipinski definition) is 3. The number of nitrogens with zero attached hydrogens (tertiary/aromatic N) is 3. The third-order valence-electron chi connectivity index (χ3n) is 8.77. The first kappa shape index (κ1) is 28.1. The molecule has 4 heteroatoms. The number of fused-ring (bicyclic) bond motifs is 4. The Balaban J connectivity index is 1.64. The van der Waals surface area contributed by atoms with Gasteiger partial charge in [-0.25, -0.2) is 4.98 Å². The molecule has 0 radical (unpaired) electrons. The zero-order valence-electron chi connectivity index (χ0n) is 26.6. The van der Waals surface area contributed by atoms with Gasteiger partial charge in [-0.05, 0) is 63.8 Å². The van der Waals surface area contributed by atoms with Crippen molar-refractivity contribution in [2.45, 2.75) is 65.7 Å². The van der Waals surface area contributed by atoms with E-state index in [0.717, 1.165) is 49.9 Å². The number of imidazole rings is 1. The van der Waals surface area contributed by atoms with Crippen LogP contribution in [0.5, 0.6) is 0 Å². The smallest absolute Gasteiger partial charge is 0.149 e. The lowest BCUT2D eigenvalue weighted by Gasteiger charge is -2.24. The lowest BCUT2D eigenvalue weighted by atomic mass is 9.87. The van der Waals surface area contributed by atoms with E-state index < -0.39 is 0 Å². The third-order valence-corrected chi connectivity index (χ3v) is 8.77. The van der Waals surface area contributed by atoms with Gasteiger partial charge in [-0.2, -0.15) is 0 Å². The fraction of sp³-hybridized carbons (Fsp3) is 0.250. The minimum Gasteiger partial charge on any atom is -0.455 e. The van der Waals surface area contributed by atoms with E-state index in [0.29, 0.717) is 0 Å². The Morgan fingerprint density at radius 3 is 2.05 bits per heavy atom. The average molecular weight is 578 g/mol. The molecule has 7 rings (SSSR count). The van der Waals surface area contributed by atoms with Crippen LogP contribution < -0.4 is 0 Å². The fourth-order valence-corrected chi connectivity index (χ4v) is 6.49. The molecule has 0 N–H and O–H groups in total. The third kappa shape index (κ3) is 4.52. The van der Waals surface area contributed by atoms with Crippen LogP contribution in [0.1, 0.15) is 77.0 Å². The summed E-state index contributed by atoms with van der Waals surface area (Å²) in [6, 6.07) is 30.1. The minimum absolute atomic E-state index is 0.132. The highest BCUT2D eigenvalue weighted by Crippen LogP contribution is 2.43. The van der Waals surface area contributed by atoms with Crippen molar-refractivity contribution in [2.75, 3.05) is 0 Å². The zero-order chi connectivity index (χ0) is 30.7. The molecular weight excluding hydrogens is 538 g/mol. The van der Waals surface area contributed by atoms with Crippen LogP contribution in [0.2, 0.25) is 0 Å². The van der Waals surface area contributed by atoms with Crippen molar-refractivity contribution in [2.24, 2.45) is 0 Å². The number of para-hydroxylation sites is 2. The molecule has 0 bridgehead atoms. The molecule has 3 heterocycles. The van der Waals surface area contributed by atoms with Crippen LogP contribution in [-0.4, -0.2) is 14.5 Å². The molecule has 0 saturated carbocycles. The van der Waals surface area contributed by atoms with Crippen LogP contribution in [0, 0.1) is 0 Å². The first-order valence-corrected chi connectivity index (χ1v) is 15.6. The molecule has 0 amide bonds. The van der Waals surface area contributed by atoms with Gasteiger partial charge in [0.1, 0.15) is 17.0 Å². The van der Waals surface area contributed by atoms with Crippen molar-refractivity contribution in [3.63, 3.8) is 0 Å². The van der Waals surface area contributed by atoms with Crippen LogP contribution in [-0.2, 0) is 5.41 Å². The van der Waals surface area contributed by atoms with Crippen molar-refractivity contribution < 1.29 is 4.42 Å². The molecule has 4 nitrogen and oxygen atoms in total. The van der Waals surface area contributed by atoms with Crippen molar-refractivity contribution in [3.8, 4) is 28.2 Å². The summed E-state index contributed by atoms with van der Waals surface area (Å²) in [5.74, 6) is 1.42. The monoisotopic (exact) mass is 577 g/mol. The molecule has 0 aliphatic heterocycles. The van der Waals surface area contributed by atoms with Gasteiger partial charge in [-0.15, -0.1) is 0 Å². The normalized spacial score (nSPS) is 12.4. The predicted octanol–water partition coefficient (Wildman–Crippen LogP) is 11.2. The zero-order valence-corrected chi connectivity index (χ0v) is 26.6. The van der Waals surface area contributed by atoms with E-state index in [9.17, 15) is 0 Å². The number of hydrogen-bond donors (Lipinski definition) is 0. The highest BCUT2D eigenvalue weighted by Gasteiger charge is 2.28. The van der Waals surface area contributed by atoms with Crippen molar-refractivity contribution in [3.05, 3.63) is 114 Å². The molecule has 44 heavy (non-hydrogen) atoms. The second-order valence-corrected chi connectivity index (χ2v) is 13.5. The molecular formula is C40H39N3O. The van der Waals surface area contributed by atoms with E-state index in [1.165, 1.54) is 27.9 Å². The Kier molecular flexibility index (Phi) is 6.69. The number of rotatable bonds is 5. The lowest BCUT2D eigenvalue weighted by Crippen LogP contribution is -2.12. The topological polar surface area (TPSA) is 43.9 Å². The summed E-state index contributed by atoms with van der Waals surface area (Å²) in [5, 5.41) is 2.21. The van der Waals surface area contributed by atoms with Gasteiger partial charge in [0.05, 0.1) is 28.5 Å². The van der Waals surface area contributed by atoms with Crippen molar-refractivity contribution in [1.29, 1.82) is 0 Å². The van der Waals surface area contributed by atoms with Gasteiger partial charge < -0.3 is 4.42 Å². The van der Waals surface area contributed by atoms with Gasteiger partial charge in [-0.3, -0.25) is 9.55 Å². The van der Waals surface area contributed by atoms with Gasteiger partial charge >= 0.3 is 0 Å². The first-order chi connectivity index (χ1) is 21.1. The number of pyridine rings is 1. The molecule has 3 aromatic heterocycles. The van der Waals surface area contributed by atoms with Crippen LogP contribution in [0.25, 0.3) is 61.2 Å². The summed E-state index contributed by atoms with van der Waals surface area (Å²) >= 11 is 0.